The molecule has 0 aliphatic carbocycles. The van der Waals surface area contributed by atoms with Gasteiger partial charge in [0.05, 0.1) is 0 Å². The molecule has 0 saturated heterocycles. The highest BCUT2D eigenvalue weighted by atomic mass is 15.0. The van der Waals surface area contributed by atoms with Gasteiger partial charge in [0.1, 0.15) is 0 Å². The summed E-state index contributed by atoms with van der Waals surface area (Å²) in [4.78, 5) is 0. The molecular weight excluding hydrogens is 302 g/mol. The average molecular weight is 323 g/mol. The fraction of sp³-hybridized carbons (Fsp3) is 0.0833. The maximum Gasteiger partial charge on any atom is 0.0455 e. The van der Waals surface area contributed by atoms with Gasteiger partial charge in [-0.15, -0.1) is 0 Å². The molecule has 3 aromatic carbocycles. The predicted molar refractivity (Wildman–Crippen MR) is 104 cm³/mol. The first-order chi connectivity index (χ1) is 12.4. The molecule has 1 aromatic heterocycles. The highest BCUT2D eigenvalue weighted by Crippen LogP contribution is 2.22. The lowest BCUT2D eigenvalue weighted by atomic mass is 10.1. The van der Waals surface area contributed by atoms with Crippen molar-refractivity contribution in [3.63, 3.8) is 0 Å². The fourth-order valence-corrected chi connectivity index (χ4v) is 3.32. The summed E-state index contributed by atoms with van der Waals surface area (Å²) >= 11 is 0. The van der Waals surface area contributed by atoms with Crippen molar-refractivity contribution >= 4 is 0 Å². The van der Waals surface area contributed by atoms with E-state index in [9.17, 15) is 0 Å². The van der Waals surface area contributed by atoms with E-state index in [0.29, 0.717) is 0 Å². The highest BCUT2D eigenvalue weighted by Gasteiger charge is 2.11. The smallest absolute Gasteiger partial charge is 0.0455 e. The monoisotopic (exact) mass is 323 g/mol. The van der Waals surface area contributed by atoms with Crippen LogP contribution in [0.3, 0.4) is 0 Å². The van der Waals surface area contributed by atoms with Gasteiger partial charge in [0, 0.05) is 29.9 Å². The summed E-state index contributed by atoms with van der Waals surface area (Å²) in [6.45, 7) is 0. The molecule has 1 heteroatoms. The van der Waals surface area contributed by atoms with Gasteiger partial charge in [-0.05, 0) is 35.4 Å². The van der Waals surface area contributed by atoms with Crippen LogP contribution in [0.15, 0.2) is 103 Å². The number of para-hydroxylation sites is 1. The zero-order chi connectivity index (χ0) is 16.9. The largest absolute Gasteiger partial charge is 0.317 e. The summed E-state index contributed by atoms with van der Waals surface area (Å²) in [6.07, 6.45) is 1.87. The van der Waals surface area contributed by atoms with Crippen molar-refractivity contribution in [3.05, 3.63) is 126 Å². The van der Waals surface area contributed by atoms with Crippen LogP contribution in [-0.2, 0) is 12.8 Å². The van der Waals surface area contributed by atoms with Crippen molar-refractivity contribution in [1.29, 1.82) is 0 Å². The zero-order valence-electron chi connectivity index (χ0n) is 14.2. The van der Waals surface area contributed by atoms with Crippen molar-refractivity contribution < 1.29 is 0 Å². The van der Waals surface area contributed by atoms with Crippen molar-refractivity contribution in [3.8, 4) is 5.69 Å². The second-order valence-corrected chi connectivity index (χ2v) is 6.31. The lowest BCUT2D eigenvalue weighted by molar-refractivity contribution is 0.893. The lowest BCUT2D eigenvalue weighted by Gasteiger charge is -2.14. The van der Waals surface area contributed by atoms with Gasteiger partial charge in [0.15, 0.2) is 0 Å². The molecule has 0 aliphatic heterocycles. The average Bonchev–Trinajstić information content (AvgIpc) is 3.06. The molecule has 0 unspecified atom stereocenters. The van der Waals surface area contributed by atoms with Gasteiger partial charge in [-0.2, -0.15) is 0 Å². The van der Waals surface area contributed by atoms with Crippen LogP contribution in [0.5, 0.6) is 0 Å². The highest BCUT2D eigenvalue weighted by molar-refractivity contribution is 5.41. The number of hydrogen-bond acceptors (Lipinski definition) is 0. The van der Waals surface area contributed by atoms with Gasteiger partial charge >= 0.3 is 0 Å². The second-order valence-electron chi connectivity index (χ2n) is 6.31. The van der Waals surface area contributed by atoms with Crippen molar-refractivity contribution in [1.82, 2.24) is 4.57 Å². The number of aromatic nitrogens is 1. The molecule has 0 amide bonds. The summed E-state index contributed by atoms with van der Waals surface area (Å²) in [5, 5.41) is 0. The molecule has 25 heavy (non-hydrogen) atoms. The van der Waals surface area contributed by atoms with E-state index in [1.54, 1.807) is 0 Å². The summed E-state index contributed by atoms with van der Waals surface area (Å²) < 4.78 is 2.40. The van der Waals surface area contributed by atoms with E-state index in [-0.39, 0.29) is 0 Å². The Labute approximate surface area is 149 Å². The summed E-state index contributed by atoms with van der Waals surface area (Å²) in [5.74, 6) is 0. The Hall–Kier alpha value is -3.06. The molecule has 0 saturated carbocycles. The molecule has 4 rings (SSSR count). The number of rotatable bonds is 5. The van der Waals surface area contributed by atoms with Crippen LogP contribution in [0.1, 0.15) is 22.5 Å². The molecule has 0 aliphatic rings. The Morgan fingerprint density at radius 1 is 0.440 bits per heavy atom. The Bertz CT molecular complexity index is 863. The summed E-state index contributed by atoms with van der Waals surface area (Å²) in [7, 11) is 0. The van der Waals surface area contributed by atoms with Crippen LogP contribution in [0.4, 0.5) is 0 Å². The normalized spacial score (nSPS) is 10.7. The molecule has 122 valence electrons. The third-order valence-electron chi connectivity index (χ3n) is 4.51. The Morgan fingerprint density at radius 2 is 0.840 bits per heavy atom. The van der Waals surface area contributed by atoms with Crippen LogP contribution in [0, 0.1) is 0 Å². The number of nitrogens with zero attached hydrogens (tertiary/aromatic N) is 1. The minimum absolute atomic E-state index is 0.935. The van der Waals surface area contributed by atoms with E-state index in [4.69, 9.17) is 0 Å². The van der Waals surface area contributed by atoms with Crippen LogP contribution in [-0.4, -0.2) is 4.57 Å². The summed E-state index contributed by atoms with van der Waals surface area (Å²) in [5.41, 5.74) is 6.55. The molecule has 0 radical (unpaired) electrons. The van der Waals surface area contributed by atoms with E-state index in [2.05, 4.69) is 108 Å². The molecule has 1 nitrogen and oxygen atoms in total. The molecule has 0 bridgehead atoms. The first-order valence-electron chi connectivity index (χ1n) is 8.73. The van der Waals surface area contributed by atoms with Crippen molar-refractivity contribution in [2.75, 3.05) is 0 Å². The number of hydrogen-bond donors (Lipinski definition) is 0. The van der Waals surface area contributed by atoms with Gasteiger partial charge in [0.25, 0.3) is 0 Å². The van der Waals surface area contributed by atoms with Crippen molar-refractivity contribution in [2.24, 2.45) is 0 Å². The maximum absolute atomic E-state index is 2.40. The van der Waals surface area contributed by atoms with E-state index in [0.717, 1.165) is 12.8 Å². The van der Waals surface area contributed by atoms with Gasteiger partial charge in [-0.25, -0.2) is 0 Å². The van der Waals surface area contributed by atoms with Crippen LogP contribution < -0.4 is 0 Å². The molecule has 0 N–H and O–H groups in total. The van der Waals surface area contributed by atoms with Crippen LogP contribution in [0.25, 0.3) is 5.69 Å². The van der Waals surface area contributed by atoms with E-state index < -0.39 is 0 Å². The topological polar surface area (TPSA) is 4.93 Å². The fourth-order valence-electron chi connectivity index (χ4n) is 3.32. The first kappa shape index (κ1) is 15.5. The third-order valence-corrected chi connectivity index (χ3v) is 4.51. The second kappa shape index (κ2) is 7.23. The SMILES string of the molecule is c1ccc(Cc2ccc(Cc3ccccc3)n2-c2ccccc2)cc1. The Kier molecular flexibility index (Phi) is 4.47. The van der Waals surface area contributed by atoms with E-state index in [1.165, 1.54) is 28.2 Å². The zero-order valence-corrected chi connectivity index (χ0v) is 14.2. The summed E-state index contributed by atoms with van der Waals surface area (Å²) in [6, 6.07) is 36.5. The van der Waals surface area contributed by atoms with Crippen LogP contribution >= 0.6 is 0 Å². The maximum atomic E-state index is 2.40. The Balaban J connectivity index is 1.74. The first-order valence-corrected chi connectivity index (χ1v) is 8.73. The molecular formula is C24H21N. The molecule has 0 atom stereocenters. The Morgan fingerprint density at radius 3 is 1.28 bits per heavy atom. The minimum Gasteiger partial charge on any atom is -0.317 e. The molecule has 0 spiro atoms. The van der Waals surface area contributed by atoms with Gasteiger partial charge < -0.3 is 4.57 Å². The molecule has 4 aromatic rings. The van der Waals surface area contributed by atoms with E-state index in [1.807, 2.05) is 0 Å². The van der Waals surface area contributed by atoms with E-state index >= 15 is 0 Å². The van der Waals surface area contributed by atoms with Gasteiger partial charge in [-0.3, -0.25) is 0 Å². The van der Waals surface area contributed by atoms with Crippen molar-refractivity contribution in [2.45, 2.75) is 12.8 Å². The van der Waals surface area contributed by atoms with Gasteiger partial charge in [-0.1, -0.05) is 78.9 Å². The standard InChI is InChI=1S/C24H21N/c1-4-10-20(11-5-1)18-23-16-17-24(19-21-12-6-2-7-13-21)25(23)22-14-8-3-9-15-22/h1-17H,18-19H2. The van der Waals surface area contributed by atoms with Crippen LogP contribution in [0.2, 0.25) is 0 Å². The quantitative estimate of drug-likeness (QED) is 0.446. The third kappa shape index (κ3) is 3.56. The minimum atomic E-state index is 0.935. The predicted octanol–water partition coefficient (Wildman–Crippen LogP) is 5.66. The molecule has 0 fully saturated rings. The lowest BCUT2D eigenvalue weighted by Crippen LogP contribution is -2.05. The molecule has 1 heterocycles. The van der Waals surface area contributed by atoms with Gasteiger partial charge in [0.2, 0.25) is 0 Å². The number of benzene rings is 3.